The van der Waals surface area contributed by atoms with Crippen LogP contribution in [0.2, 0.25) is 0 Å². The van der Waals surface area contributed by atoms with Crippen LogP contribution < -0.4 is 0 Å². The highest BCUT2D eigenvalue weighted by Crippen LogP contribution is 2.25. The number of methoxy groups -OCH3 is 1. The summed E-state index contributed by atoms with van der Waals surface area (Å²) in [5.74, 6) is 0.0773. The Bertz CT molecular complexity index is 628. The number of ether oxygens (including phenoxy) is 1. The molecule has 0 fully saturated rings. The Morgan fingerprint density at radius 2 is 1.74 bits per heavy atom. The third-order valence-electron chi connectivity index (χ3n) is 4.04. The van der Waals surface area contributed by atoms with Crippen molar-refractivity contribution < 1.29 is 14.0 Å². The summed E-state index contributed by atoms with van der Waals surface area (Å²) in [6.07, 6.45) is 0.773. The second-order valence-electron chi connectivity index (χ2n) is 5.52. The molecule has 2 unspecified atom stereocenters. The van der Waals surface area contributed by atoms with Crippen molar-refractivity contribution in [2.45, 2.75) is 32.1 Å². The molecule has 0 N–H and O–H groups in total. The maximum Gasteiger partial charge on any atom is 0.193 e. The highest BCUT2D eigenvalue weighted by atomic mass is 28.2. The molecule has 23 heavy (non-hydrogen) atoms. The van der Waals surface area contributed by atoms with Crippen molar-refractivity contribution in [2.75, 3.05) is 7.11 Å². The molecule has 0 heterocycles. The van der Waals surface area contributed by atoms with Crippen LogP contribution in [0.5, 0.6) is 0 Å². The van der Waals surface area contributed by atoms with Crippen LogP contribution in [-0.2, 0) is 9.16 Å². The zero-order chi connectivity index (χ0) is 16.7. The number of hydrogen-bond acceptors (Lipinski definition) is 3. The summed E-state index contributed by atoms with van der Waals surface area (Å²) >= 11 is 0. The van der Waals surface area contributed by atoms with E-state index in [9.17, 15) is 4.79 Å². The molecule has 4 heteroatoms. The van der Waals surface area contributed by atoms with Gasteiger partial charge in [-0.2, -0.15) is 0 Å². The molecule has 0 radical (unpaired) electrons. The third kappa shape index (κ3) is 4.61. The average Bonchev–Trinajstić information content (AvgIpc) is 2.62. The smallest absolute Gasteiger partial charge is 0.193 e. The van der Waals surface area contributed by atoms with Crippen molar-refractivity contribution in [1.82, 2.24) is 0 Å². The van der Waals surface area contributed by atoms with E-state index in [0.717, 1.165) is 23.1 Å². The van der Waals surface area contributed by atoms with Crippen molar-refractivity contribution in [2.24, 2.45) is 0 Å². The lowest BCUT2D eigenvalue weighted by molar-refractivity contribution is -0.0381. The van der Waals surface area contributed by atoms with Gasteiger partial charge in [0.25, 0.3) is 0 Å². The van der Waals surface area contributed by atoms with Crippen LogP contribution in [0.3, 0.4) is 0 Å². The summed E-state index contributed by atoms with van der Waals surface area (Å²) in [4.78, 5) is 12.8. The maximum absolute atomic E-state index is 12.8. The first kappa shape index (κ1) is 17.6. The molecule has 0 aliphatic heterocycles. The molecule has 0 aliphatic carbocycles. The van der Waals surface area contributed by atoms with Crippen molar-refractivity contribution in [1.29, 1.82) is 0 Å². The Labute approximate surface area is 140 Å². The summed E-state index contributed by atoms with van der Waals surface area (Å²) < 4.78 is 11.0. The predicted molar refractivity (Wildman–Crippen MR) is 95.4 cm³/mol. The quantitative estimate of drug-likeness (QED) is 0.423. The van der Waals surface area contributed by atoms with Crippen LogP contribution in [0.25, 0.3) is 0 Å². The molecule has 0 aromatic heterocycles. The topological polar surface area (TPSA) is 35.5 Å². The van der Waals surface area contributed by atoms with Gasteiger partial charge < -0.3 is 9.16 Å². The molecular formula is C19H24O3Si. The summed E-state index contributed by atoms with van der Waals surface area (Å²) in [5, 5.41) is 0. The minimum Gasteiger partial charge on any atom is -0.399 e. The first-order chi connectivity index (χ1) is 11.2. The van der Waals surface area contributed by atoms with Gasteiger partial charge in [-0.1, -0.05) is 61.5 Å². The molecular weight excluding hydrogens is 304 g/mol. The molecule has 2 aromatic rings. The van der Waals surface area contributed by atoms with Crippen LogP contribution in [0.1, 0.15) is 47.3 Å². The molecule has 2 atom stereocenters. The molecule has 0 aliphatic rings. The van der Waals surface area contributed by atoms with Gasteiger partial charge in [-0.15, -0.1) is 0 Å². The van der Waals surface area contributed by atoms with Crippen molar-refractivity contribution in [3.05, 3.63) is 71.3 Å². The molecule has 2 rings (SSSR count). The highest BCUT2D eigenvalue weighted by Gasteiger charge is 2.20. The van der Waals surface area contributed by atoms with Crippen molar-refractivity contribution in [3.63, 3.8) is 0 Å². The zero-order valence-corrected chi connectivity index (χ0v) is 15.4. The highest BCUT2D eigenvalue weighted by molar-refractivity contribution is 6.30. The Morgan fingerprint density at radius 1 is 1.09 bits per heavy atom. The van der Waals surface area contributed by atoms with E-state index in [0.29, 0.717) is 5.54 Å². The number of carbonyl (C=O) groups is 1. The second-order valence-corrected chi connectivity index (χ2v) is 7.18. The molecule has 0 saturated heterocycles. The van der Waals surface area contributed by atoms with E-state index in [1.54, 1.807) is 7.11 Å². The van der Waals surface area contributed by atoms with Gasteiger partial charge in [-0.25, -0.2) is 0 Å². The molecule has 0 spiro atoms. The van der Waals surface area contributed by atoms with E-state index in [2.05, 4.69) is 13.0 Å². The maximum atomic E-state index is 12.8. The summed E-state index contributed by atoms with van der Waals surface area (Å²) in [7, 11) is 0.804. The SMILES string of the molecule is CCC([SiH2]OC(C)OC)c1ccccc1C(=O)c1ccccc1. The van der Waals surface area contributed by atoms with E-state index >= 15 is 0 Å². The first-order valence-electron chi connectivity index (χ1n) is 8.00. The molecule has 3 nitrogen and oxygen atoms in total. The van der Waals surface area contributed by atoms with Crippen LogP contribution >= 0.6 is 0 Å². The standard InChI is InChI=1S/C19H24O3Si/c1-4-18(23-22-14(2)21-3)16-12-8-9-13-17(16)19(20)15-10-6-5-7-11-15/h5-14,18H,4,23H2,1-3H3. The molecule has 2 aromatic carbocycles. The normalized spacial score (nSPS) is 14.0. The van der Waals surface area contributed by atoms with Crippen molar-refractivity contribution in [3.8, 4) is 0 Å². The fourth-order valence-corrected chi connectivity index (χ4v) is 3.96. The minimum absolute atomic E-state index is 0.0773. The van der Waals surface area contributed by atoms with Gasteiger partial charge in [0.05, 0.1) is 0 Å². The van der Waals surface area contributed by atoms with Gasteiger partial charge in [0, 0.05) is 18.2 Å². The Morgan fingerprint density at radius 3 is 2.39 bits per heavy atom. The molecule has 0 bridgehead atoms. The summed E-state index contributed by atoms with van der Waals surface area (Å²) in [6, 6.07) is 17.3. The second kappa shape index (κ2) is 8.77. The molecule has 122 valence electrons. The Kier molecular flexibility index (Phi) is 6.71. The lowest BCUT2D eigenvalue weighted by Gasteiger charge is -2.20. The largest absolute Gasteiger partial charge is 0.399 e. The number of carbonyl (C=O) groups excluding carboxylic acids is 1. The third-order valence-corrected chi connectivity index (χ3v) is 6.12. The van der Waals surface area contributed by atoms with Gasteiger partial charge in [-0.3, -0.25) is 4.79 Å². The molecule has 0 amide bonds. The summed E-state index contributed by atoms with van der Waals surface area (Å²) in [6.45, 7) is 4.04. The van der Waals surface area contributed by atoms with Gasteiger partial charge in [0.15, 0.2) is 15.5 Å². The number of hydrogen-bond donors (Lipinski definition) is 0. The van der Waals surface area contributed by atoms with E-state index in [1.165, 1.54) is 0 Å². The lowest BCUT2D eigenvalue weighted by Crippen LogP contribution is -2.21. The monoisotopic (exact) mass is 328 g/mol. The predicted octanol–water partition coefficient (Wildman–Crippen LogP) is 3.46. The zero-order valence-electron chi connectivity index (χ0n) is 14.0. The fraction of sp³-hybridized carbons (Fsp3) is 0.316. The van der Waals surface area contributed by atoms with E-state index < -0.39 is 9.76 Å². The van der Waals surface area contributed by atoms with Crippen LogP contribution in [0.15, 0.2) is 54.6 Å². The Hall–Kier alpha value is -1.75. The Balaban J connectivity index is 2.27. The van der Waals surface area contributed by atoms with Crippen LogP contribution in [0.4, 0.5) is 0 Å². The van der Waals surface area contributed by atoms with Gasteiger partial charge in [0.1, 0.15) is 6.29 Å². The van der Waals surface area contributed by atoms with Gasteiger partial charge in [0.2, 0.25) is 0 Å². The average molecular weight is 328 g/mol. The van der Waals surface area contributed by atoms with E-state index in [1.807, 2.05) is 55.5 Å². The van der Waals surface area contributed by atoms with E-state index in [4.69, 9.17) is 9.16 Å². The van der Waals surface area contributed by atoms with E-state index in [-0.39, 0.29) is 12.1 Å². The lowest BCUT2D eigenvalue weighted by atomic mass is 9.95. The number of benzene rings is 2. The van der Waals surface area contributed by atoms with Crippen molar-refractivity contribution >= 4 is 15.5 Å². The fourth-order valence-electron chi connectivity index (χ4n) is 2.55. The van der Waals surface area contributed by atoms with Gasteiger partial charge in [-0.05, 0) is 24.4 Å². The minimum atomic E-state index is -0.842. The van der Waals surface area contributed by atoms with Crippen LogP contribution in [0, 0.1) is 0 Å². The number of rotatable bonds is 8. The molecule has 0 saturated carbocycles. The van der Waals surface area contributed by atoms with Gasteiger partial charge >= 0.3 is 0 Å². The summed E-state index contributed by atoms with van der Waals surface area (Å²) in [5.41, 5.74) is 2.91. The number of ketones is 1. The first-order valence-corrected chi connectivity index (χ1v) is 9.39. The van der Waals surface area contributed by atoms with Crippen LogP contribution in [-0.4, -0.2) is 28.9 Å².